The van der Waals surface area contributed by atoms with Gasteiger partial charge in [0.2, 0.25) is 0 Å². The first-order valence-corrected chi connectivity index (χ1v) is 7.65. The number of hydrogen-bond acceptors (Lipinski definition) is 3. The molecule has 2 nitrogen and oxygen atoms in total. The molecule has 2 rings (SSSR count). The molecule has 84 valence electrons. The summed E-state index contributed by atoms with van der Waals surface area (Å²) in [4.78, 5) is 9.12. The lowest BCUT2D eigenvalue weighted by Crippen LogP contribution is -1.92. The minimum absolute atomic E-state index is 0.344. The van der Waals surface area contributed by atoms with Gasteiger partial charge in [0.25, 0.3) is 0 Å². The van der Waals surface area contributed by atoms with Crippen molar-refractivity contribution in [3.8, 4) is 10.7 Å². The average Bonchev–Trinajstić information content (AvgIpc) is 2.55. The van der Waals surface area contributed by atoms with Gasteiger partial charge in [-0.15, -0.1) is 11.3 Å². The second kappa shape index (κ2) is 5.24. The van der Waals surface area contributed by atoms with Crippen molar-refractivity contribution in [1.29, 1.82) is 0 Å². The van der Waals surface area contributed by atoms with Crippen molar-refractivity contribution >= 4 is 84.7 Å². The molecule has 0 unspecified atom stereocenters. The Bertz CT molecular complexity index is 518. The van der Waals surface area contributed by atoms with Gasteiger partial charge in [0.05, 0.1) is 8.45 Å². The molecule has 0 N–H and O–H groups in total. The van der Waals surface area contributed by atoms with E-state index in [-0.39, 0.29) is 0 Å². The fourth-order valence-corrected chi connectivity index (χ4v) is 3.23. The summed E-state index contributed by atoms with van der Waals surface area (Å²) in [6.07, 6.45) is 0. The number of halogens is 5. The number of aromatic nitrogens is 2. The molecule has 2 heterocycles. The Morgan fingerprint density at radius 2 is 1.75 bits per heavy atom. The van der Waals surface area contributed by atoms with Crippen LogP contribution in [-0.2, 0) is 0 Å². The molecule has 2 aromatic heterocycles. The van der Waals surface area contributed by atoms with Crippen molar-refractivity contribution in [2.75, 3.05) is 0 Å². The fraction of sp³-hybridized carbons (Fsp3) is 0. The van der Waals surface area contributed by atoms with Gasteiger partial charge in [-0.2, -0.15) is 0 Å². The molecular weight excluding hydrogens is 469 g/mol. The molecule has 0 fully saturated rings. The molecule has 0 aliphatic heterocycles. The molecule has 0 spiro atoms. The van der Waals surface area contributed by atoms with Gasteiger partial charge in [-0.3, -0.25) is 0 Å². The molecule has 2 aromatic rings. The van der Waals surface area contributed by atoms with Gasteiger partial charge in [0.1, 0.15) is 14.6 Å². The highest BCUT2D eigenvalue weighted by Gasteiger charge is 2.13. The Labute approximate surface area is 133 Å². The predicted octanol–water partition coefficient (Wildman–Crippen LogP) is 5.53. The SMILES string of the molecule is Clc1nc(-c2cc(Br)c(Cl)s2)nc(Cl)c1I. The van der Waals surface area contributed by atoms with Gasteiger partial charge in [0.15, 0.2) is 5.82 Å². The van der Waals surface area contributed by atoms with Crippen LogP contribution in [0.1, 0.15) is 0 Å². The molecule has 0 atom stereocenters. The lowest BCUT2D eigenvalue weighted by Gasteiger charge is -2.00. The molecule has 16 heavy (non-hydrogen) atoms. The van der Waals surface area contributed by atoms with Crippen molar-refractivity contribution in [2.45, 2.75) is 0 Å². The van der Waals surface area contributed by atoms with Crippen LogP contribution >= 0.6 is 84.7 Å². The monoisotopic (exact) mass is 468 g/mol. The van der Waals surface area contributed by atoms with E-state index in [4.69, 9.17) is 34.8 Å². The van der Waals surface area contributed by atoms with E-state index in [2.05, 4.69) is 25.9 Å². The smallest absolute Gasteiger partial charge is 0.172 e. The van der Waals surface area contributed by atoms with Gasteiger partial charge in [-0.1, -0.05) is 34.8 Å². The zero-order chi connectivity index (χ0) is 11.9. The van der Waals surface area contributed by atoms with E-state index in [0.29, 0.717) is 24.0 Å². The zero-order valence-corrected chi connectivity index (χ0v) is 14.1. The van der Waals surface area contributed by atoms with Crippen LogP contribution in [-0.4, -0.2) is 9.97 Å². The Hall–Kier alpha value is 0.860. The fourth-order valence-electron chi connectivity index (χ4n) is 0.961. The highest BCUT2D eigenvalue weighted by atomic mass is 127. The van der Waals surface area contributed by atoms with Crippen LogP contribution in [0.5, 0.6) is 0 Å². The van der Waals surface area contributed by atoms with Gasteiger partial charge >= 0.3 is 0 Å². The Kier molecular flexibility index (Phi) is 4.35. The first-order chi connectivity index (χ1) is 7.49. The van der Waals surface area contributed by atoms with Crippen molar-refractivity contribution < 1.29 is 0 Å². The number of hydrogen-bond donors (Lipinski definition) is 0. The second-order valence-electron chi connectivity index (χ2n) is 2.68. The highest BCUT2D eigenvalue weighted by molar-refractivity contribution is 14.1. The van der Waals surface area contributed by atoms with Crippen LogP contribution in [0.4, 0.5) is 0 Å². The van der Waals surface area contributed by atoms with Crippen LogP contribution in [0, 0.1) is 3.57 Å². The molecule has 8 heteroatoms. The minimum atomic E-state index is 0.344. The summed E-state index contributed by atoms with van der Waals surface area (Å²) >= 11 is 24.5. The number of nitrogens with zero attached hydrogens (tertiary/aromatic N) is 2. The number of rotatable bonds is 1. The quantitative estimate of drug-likeness (QED) is 0.405. The summed E-state index contributed by atoms with van der Waals surface area (Å²) < 4.78 is 2.10. The van der Waals surface area contributed by atoms with Crippen LogP contribution in [0.15, 0.2) is 10.5 Å². The van der Waals surface area contributed by atoms with E-state index in [1.54, 1.807) is 0 Å². The standard InChI is InChI=1S/C8HBrCl3IN2S/c9-2-1-3(16-7(2)12)8-14-5(10)4(13)6(11)15-8/h1H. The summed E-state index contributed by atoms with van der Waals surface area (Å²) in [6.45, 7) is 0. The van der Waals surface area contributed by atoms with Crippen LogP contribution in [0.25, 0.3) is 10.7 Å². The van der Waals surface area contributed by atoms with Crippen LogP contribution in [0.2, 0.25) is 14.6 Å². The molecule has 0 aliphatic rings. The van der Waals surface area contributed by atoms with Crippen molar-refractivity contribution in [3.05, 3.63) is 28.8 Å². The Morgan fingerprint density at radius 3 is 2.19 bits per heavy atom. The lowest BCUT2D eigenvalue weighted by atomic mass is 10.4. The molecule has 0 aromatic carbocycles. The third-order valence-corrected chi connectivity index (χ3v) is 6.31. The molecule has 0 amide bonds. The summed E-state index contributed by atoms with van der Waals surface area (Å²) in [6, 6.07) is 1.84. The largest absolute Gasteiger partial charge is 0.214 e. The predicted molar refractivity (Wildman–Crippen MR) is 80.8 cm³/mol. The van der Waals surface area contributed by atoms with Gasteiger partial charge < -0.3 is 0 Å². The third kappa shape index (κ3) is 2.64. The Balaban J connectivity index is 2.56. The van der Waals surface area contributed by atoms with E-state index in [1.807, 2.05) is 28.7 Å². The highest BCUT2D eigenvalue weighted by Crippen LogP contribution is 2.37. The molecule has 0 saturated heterocycles. The van der Waals surface area contributed by atoms with Crippen molar-refractivity contribution in [1.82, 2.24) is 9.97 Å². The maximum Gasteiger partial charge on any atom is 0.172 e. The molecule has 0 radical (unpaired) electrons. The average molecular weight is 470 g/mol. The normalized spacial score (nSPS) is 10.8. The van der Waals surface area contributed by atoms with Gasteiger partial charge in [-0.25, -0.2) is 9.97 Å². The first-order valence-electron chi connectivity index (χ1n) is 3.82. The van der Waals surface area contributed by atoms with Gasteiger partial charge in [0, 0.05) is 4.47 Å². The van der Waals surface area contributed by atoms with E-state index in [1.165, 1.54) is 11.3 Å². The third-order valence-electron chi connectivity index (χ3n) is 1.64. The lowest BCUT2D eigenvalue weighted by molar-refractivity contribution is 1.17. The summed E-state index contributed by atoms with van der Waals surface area (Å²) in [5.41, 5.74) is 0. The Morgan fingerprint density at radius 1 is 1.19 bits per heavy atom. The molecule has 0 aliphatic carbocycles. The minimum Gasteiger partial charge on any atom is -0.214 e. The number of thiophene rings is 1. The van der Waals surface area contributed by atoms with E-state index >= 15 is 0 Å². The van der Waals surface area contributed by atoms with E-state index in [9.17, 15) is 0 Å². The molecule has 0 bridgehead atoms. The van der Waals surface area contributed by atoms with E-state index < -0.39 is 0 Å². The first kappa shape index (κ1) is 13.3. The topological polar surface area (TPSA) is 25.8 Å². The molecule has 0 saturated carbocycles. The van der Waals surface area contributed by atoms with Crippen molar-refractivity contribution in [2.24, 2.45) is 0 Å². The maximum atomic E-state index is 5.94. The van der Waals surface area contributed by atoms with Gasteiger partial charge in [-0.05, 0) is 44.6 Å². The van der Waals surface area contributed by atoms with Crippen molar-refractivity contribution in [3.63, 3.8) is 0 Å². The second-order valence-corrected chi connectivity index (χ2v) is 6.98. The summed E-state index contributed by atoms with van der Waals surface area (Å²) in [7, 11) is 0. The summed E-state index contributed by atoms with van der Waals surface area (Å²) in [5.74, 6) is 0.480. The summed E-state index contributed by atoms with van der Waals surface area (Å²) in [5, 5.41) is 0.687. The van der Waals surface area contributed by atoms with Crippen LogP contribution in [0.3, 0.4) is 0 Å². The maximum absolute atomic E-state index is 5.94. The molecular formula is C8HBrCl3IN2S. The zero-order valence-electron chi connectivity index (χ0n) is 7.27. The van der Waals surface area contributed by atoms with E-state index in [0.717, 1.165) is 9.35 Å². The van der Waals surface area contributed by atoms with Crippen LogP contribution < -0.4 is 0 Å².